The lowest BCUT2D eigenvalue weighted by Crippen LogP contribution is -2.26. The molecule has 144 valence electrons. The molecule has 2 N–H and O–H groups in total. The molecule has 0 aliphatic heterocycles. The van der Waals surface area contributed by atoms with Gasteiger partial charge >= 0.3 is 0 Å². The summed E-state index contributed by atoms with van der Waals surface area (Å²) >= 11 is 2.85. The average Bonchev–Trinajstić information content (AvgIpc) is 2.92. The zero-order valence-corrected chi connectivity index (χ0v) is 17.7. The monoisotopic (exact) mass is 395 g/mol. The van der Waals surface area contributed by atoms with Crippen LogP contribution in [0.3, 0.4) is 0 Å². The van der Waals surface area contributed by atoms with E-state index in [1.54, 1.807) is 11.3 Å². The first-order valence-electron chi connectivity index (χ1n) is 9.38. The first-order valence-corrected chi connectivity index (χ1v) is 11.2. The van der Waals surface area contributed by atoms with Crippen molar-refractivity contribution in [1.82, 2.24) is 15.3 Å². The standard InChI is InChI=1S/C19H29N3O2S2/c1-5-7-8-9-20-15(23)11-25-19-21-17(24)16-14(10-12(3)6-2)13(4)26-18(16)22-19/h12H,5-11H2,1-4H3,(H,20,23)(H,21,22,24)/t12-/m0/s1. The Morgan fingerprint density at radius 3 is 2.81 bits per heavy atom. The number of amides is 1. The molecule has 5 nitrogen and oxygen atoms in total. The zero-order chi connectivity index (χ0) is 19.1. The number of nitrogens with one attached hydrogen (secondary N) is 2. The smallest absolute Gasteiger partial charge is 0.260 e. The van der Waals surface area contributed by atoms with Gasteiger partial charge in [-0.2, -0.15) is 0 Å². The molecule has 0 saturated heterocycles. The van der Waals surface area contributed by atoms with Crippen LogP contribution in [0.15, 0.2) is 9.95 Å². The van der Waals surface area contributed by atoms with E-state index in [9.17, 15) is 9.59 Å². The topological polar surface area (TPSA) is 74.8 Å². The Kier molecular flexibility index (Phi) is 8.15. The number of rotatable bonds is 10. The molecule has 0 radical (unpaired) electrons. The number of carbonyl (C=O) groups is 1. The summed E-state index contributed by atoms with van der Waals surface area (Å²) in [4.78, 5) is 33.8. The van der Waals surface area contributed by atoms with E-state index in [0.717, 1.165) is 52.8 Å². The molecular weight excluding hydrogens is 366 g/mol. The highest BCUT2D eigenvalue weighted by atomic mass is 32.2. The Labute approximate surface area is 163 Å². The fraction of sp³-hybridized carbons (Fsp3) is 0.632. The van der Waals surface area contributed by atoms with Crippen molar-refractivity contribution in [1.29, 1.82) is 0 Å². The molecule has 0 aliphatic rings. The van der Waals surface area contributed by atoms with Crippen LogP contribution in [0.4, 0.5) is 0 Å². The molecule has 0 bridgehead atoms. The second-order valence-electron chi connectivity index (χ2n) is 6.75. The third-order valence-corrected chi connectivity index (χ3v) is 6.45. The second kappa shape index (κ2) is 10.1. The zero-order valence-electron chi connectivity index (χ0n) is 16.1. The largest absolute Gasteiger partial charge is 0.355 e. The number of nitrogens with zero attached hydrogens (tertiary/aromatic N) is 1. The Morgan fingerprint density at radius 1 is 1.35 bits per heavy atom. The van der Waals surface area contributed by atoms with Gasteiger partial charge in [0.2, 0.25) is 5.91 Å². The minimum atomic E-state index is -0.0940. The summed E-state index contributed by atoms with van der Waals surface area (Å²) in [6, 6.07) is 0. The van der Waals surface area contributed by atoms with Crippen molar-refractivity contribution in [3.63, 3.8) is 0 Å². The number of aromatic nitrogens is 2. The van der Waals surface area contributed by atoms with Gasteiger partial charge in [-0.3, -0.25) is 9.59 Å². The van der Waals surface area contributed by atoms with Crippen LogP contribution in [-0.2, 0) is 11.2 Å². The molecule has 1 amide bonds. The molecule has 1 atom stereocenters. The van der Waals surface area contributed by atoms with E-state index in [0.29, 0.717) is 17.6 Å². The van der Waals surface area contributed by atoms with E-state index in [1.165, 1.54) is 11.8 Å². The fourth-order valence-corrected chi connectivity index (χ4v) is 4.55. The van der Waals surface area contributed by atoms with Gasteiger partial charge in [-0.15, -0.1) is 11.3 Å². The summed E-state index contributed by atoms with van der Waals surface area (Å²) in [6.45, 7) is 9.27. The van der Waals surface area contributed by atoms with E-state index in [2.05, 4.69) is 43.0 Å². The van der Waals surface area contributed by atoms with Crippen molar-refractivity contribution in [2.75, 3.05) is 12.3 Å². The summed E-state index contributed by atoms with van der Waals surface area (Å²) < 4.78 is 0. The number of thioether (sulfide) groups is 1. The molecule has 0 spiro atoms. The molecule has 2 heterocycles. The van der Waals surface area contributed by atoms with Crippen LogP contribution in [0.25, 0.3) is 10.2 Å². The third kappa shape index (κ3) is 5.58. The molecule has 2 aromatic heterocycles. The first-order chi connectivity index (χ1) is 12.5. The Balaban J connectivity index is 2.07. The number of hydrogen-bond acceptors (Lipinski definition) is 5. The predicted octanol–water partition coefficient (Wildman–Crippen LogP) is 4.28. The molecule has 0 saturated carbocycles. The number of unbranched alkanes of at least 4 members (excludes halogenated alkanes) is 2. The number of hydrogen-bond donors (Lipinski definition) is 2. The van der Waals surface area contributed by atoms with Crippen molar-refractivity contribution < 1.29 is 4.79 Å². The Bertz CT molecular complexity index is 798. The highest BCUT2D eigenvalue weighted by molar-refractivity contribution is 7.99. The summed E-state index contributed by atoms with van der Waals surface area (Å²) in [5.74, 6) is 0.787. The number of aryl methyl sites for hydroxylation is 1. The van der Waals surface area contributed by atoms with Crippen molar-refractivity contribution in [2.45, 2.75) is 65.0 Å². The molecule has 0 aliphatic carbocycles. The minimum Gasteiger partial charge on any atom is -0.355 e. The minimum absolute atomic E-state index is 0.0198. The lowest BCUT2D eigenvalue weighted by molar-refractivity contribution is -0.118. The van der Waals surface area contributed by atoms with Crippen molar-refractivity contribution in [2.24, 2.45) is 5.92 Å². The first kappa shape index (κ1) is 21.0. The molecule has 2 aromatic rings. The van der Waals surface area contributed by atoms with Gasteiger partial charge in [-0.05, 0) is 31.2 Å². The summed E-state index contributed by atoms with van der Waals surface area (Å²) in [5, 5.41) is 4.14. The normalized spacial score (nSPS) is 12.5. The van der Waals surface area contributed by atoms with Gasteiger partial charge in [0, 0.05) is 11.4 Å². The number of aromatic amines is 1. The van der Waals surface area contributed by atoms with Gasteiger partial charge in [0.15, 0.2) is 5.16 Å². The molecule has 7 heteroatoms. The molecule has 2 rings (SSSR count). The van der Waals surface area contributed by atoms with Gasteiger partial charge in [0.25, 0.3) is 5.56 Å². The molecule has 26 heavy (non-hydrogen) atoms. The number of fused-ring (bicyclic) bond motifs is 1. The van der Waals surface area contributed by atoms with E-state index < -0.39 is 0 Å². The van der Waals surface area contributed by atoms with E-state index >= 15 is 0 Å². The van der Waals surface area contributed by atoms with Gasteiger partial charge in [0.05, 0.1) is 11.1 Å². The number of thiophene rings is 1. The van der Waals surface area contributed by atoms with Crippen LogP contribution in [0, 0.1) is 12.8 Å². The molecular formula is C19H29N3O2S2. The fourth-order valence-electron chi connectivity index (χ4n) is 2.75. The summed E-state index contributed by atoms with van der Waals surface area (Å²) in [7, 11) is 0. The summed E-state index contributed by atoms with van der Waals surface area (Å²) in [6.07, 6.45) is 5.25. The van der Waals surface area contributed by atoms with Gasteiger partial charge in [-0.1, -0.05) is 51.8 Å². The SMILES string of the molecule is CCCCCNC(=O)CSc1nc2sc(C)c(C[C@@H](C)CC)c2c(=O)[nH]1. The number of H-pyrrole nitrogens is 1. The average molecular weight is 396 g/mol. The molecule has 0 unspecified atom stereocenters. The van der Waals surface area contributed by atoms with Gasteiger partial charge < -0.3 is 10.3 Å². The van der Waals surface area contributed by atoms with Crippen LogP contribution in [-0.4, -0.2) is 28.2 Å². The predicted molar refractivity (Wildman–Crippen MR) is 111 cm³/mol. The van der Waals surface area contributed by atoms with Gasteiger partial charge in [0.1, 0.15) is 4.83 Å². The Morgan fingerprint density at radius 2 is 2.12 bits per heavy atom. The quantitative estimate of drug-likeness (QED) is 0.358. The summed E-state index contributed by atoms with van der Waals surface area (Å²) in [5.41, 5.74) is 1.03. The maximum atomic E-state index is 12.6. The van der Waals surface area contributed by atoms with Crippen LogP contribution in [0.1, 0.15) is 56.9 Å². The van der Waals surface area contributed by atoms with E-state index in [1.807, 2.05) is 0 Å². The highest BCUT2D eigenvalue weighted by Gasteiger charge is 2.17. The van der Waals surface area contributed by atoms with Crippen molar-refractivity contribution in [3.8, 4) is 0 Å². The number of carbonyl (C=O) groups excluding carboxylic acids is 1. The van der Waals surface area contributed by atoms with Crippen LogP contribution in [0.5, 0.6) is 0 Å². The third-order valence-electron chi connectivity index (χ3n) is 4.53. The van der Waals surface area contributed by atoms with E-state index in [-0.39, 0.29) is 17.2 Å². The maximum absolute atomic E-state index is 12.6. The maximum Gasteiger partial charge on any atom is 0.260 e. The second-order valence-corrected chi connectivity index (χ2v) is 8.92. The Hall–Kier alpha value is -1.34. The van der Waals surface area contributed by atoms with Crippen LogP contribution < -0.4 is 10.9 Å². The lowest BCUT2D eigenvalue weighted by Gasteiger charge is -2.08. The molecule has 0 aromatic carbocycles. The van der Waals surface area contributed by atoms with Crippen LogP contribution >= 0.6 is 23.1 Å². The molecule has 0 fully saturated rings. The highest BCUT2D eigenvalue weighted by Crippen LogP contribution is 2.30. The van der Waals surface area contributed by atoms with Crippen molar-refractivity contribution >= 4 is 39.2 Å². The lowest BCUT2D eigenvalue weighted by atomic mass is 9.98. The van der Waals surface area contributed by atoms with Crippen LogP contribution in [0.2, 0.25) is 0 Å². The van der Waals surface area contributed by atoms with Crippen molar-refractivity contribution in [3.05, 3.63) is 20.8 Å². The van der Waals surface area contributed by atoms with Gasteiger partial charge in [-0.25, -0.2) is 4.98 Å². The van der Waals surface area contributed by atoms with E-state index in [4.69, 9.17) is 0 Å².